The highest BCUT2D eigenvalue weighted by Crippen LogP contribution is 2.16. The Morgan fingerprint density at radius 2 is 2.56 bits per heavy atom. The molecule has 1 aromatic rings. The van der Waals surface area contributed by atoms with Gasteiger partial charge in [-0.15, -0.1) is 0 Å². The molecule has 0 aliphatic heterocycles. The van der Waals surface area contributed by atoms with E-state index in [0.717, 1.165) is 10.8 Å². The topological polar surface area (TPSA) is 30.2 Å². The summed E-state index contributed by atoms with van der Waals surface area (Å²) >= 11 is 3.21. The van der Waals surface area contributed by atoms with E-state index < -0.39 is 0 Å². The lowest BCUT2D eigenvalue weighted by molar-refractivity contribution is -0.107. The van der Waals surface area contributed by atoms with Gasteiger partial charge < -0.3 is 9.21 Å². The first-order valence-electron chi connectivity index (χ1n) is 2.50. The van der Waals surface area contributed by atoms with Crippen LogP contribution in [0.1, 0.15) is 5.76 Å². The number of rotatable bonds is 2. The predicted octanol–water partition coefficient (Wildman–Crippen LogP) is 1.78. The summed E-state index contributed by atoms with van der Waals surface area (Å²) in [5, 5.41) is 0. The van der Waals surface area contributed by atoms with E-state index in [0.29, 0.717) is 12.2 Å². The molecule has 0 fully saturated rings. The summed E-state index contributed by atoms with van der Waals surface area (Å²) in [6, 6.07) is 1.76. The van der Waals surface area contributed by atoms with Crippen molar-refractivity contribution in [1.29, 1.82) is 0 Å². The standard InChI is InChI=1S/C6H5BrO2/c7-5-2-4-9-6(5)1-3-8/h2-4H,1H2. The highest BCUT2D eigenvalue weighted by Gasteiger charge is 1.99. The van der Waals surface area contributed by atoms with Crippen molar-refractivity contribution in [1.82, 2.24) is 0 Å². The van der Waals surface area contributed by atoms with Crippen LogP contribution >= 0.6 is 15.9 Å². The molecule has 0 aliphatic rings. The zero-order valence-corrected chi connectivity index (χ0v) is 6.22. The summed E-state index contributed by atoms with van der Waals surface area (Å²) in [6.45, 7) is 0. The average molecular weight is 189 g/mol. The molecule has 0 spiro atoms. The van der Waals surface area contributed by atoms with Crippen molar-refractivity contribution in [3.8, 4) is 0 Å². The third kappa shape index (κ3) is 1.42. The minimum atomic E-state index is 0.341. The third-order valence-corrected chi connectivity index (χ3v) is 1.67. The van der Waals surface area contributed by atoms with Gasteiger partial charge in [-0.25, -0.2) is 0 Å². The number of hydrogen-bond acceptors (Lipinski definition) is 2. The quantitative estimate of drug-likeness (QED) is 0.663. The summed E-state index contributed by atoms with van der Waals surface area (Å²) < 4.78 is 5.78. The van der Waals surface area contributed by atoms with Gasteiger partial charge in [0.2, 0.25) is 0 Å². The van der Waals surface area contributed by atoms with Crippen LogP contribution in [0.25, 0.3) is 0 Å². The Labute approximate surface area is 61.0 Å². The highest BCUT2D eigenvalue weighted by atomic mass is 79.9. The van der Waals surface area contributed by atoms with E-state index in [1.54, 1.807) is 12.3 Å². The first-order valence-corrected chi connectivity index (χ1v) is 3.29. The van der Waals surface area contributed by atoms with Crippen molar-refractivity contribution < 1.29 is 9.21 Å². The zero-order chi connectivity index (χ0) is 6.69. The second kappa shape index (κ2) is 2.82. The van der Waals surface area contributed by atoms with Crippen molar-refractivity contribution in [3.63, 3.8) is 0 Å². The molecule has 0 radical (unpaired) electrons. The van der Waals surface area contributed by atoms with Gasteiger partial charge in [0.05, 0.1) is 17.2 Å². The van der Waals surface area contributed by atoms with Crippen LogP contribution in [-0.4, -0.2) is 6.29 Å². The SMILES string of the molecule is O=CCc1occc1Br. The van der Waals surface area contributed by atoms with Gasteiger partial charge in [-0.05, 0) is 22.0 Å². The molecule has 0 atom stereocenters. The van der Waals surface area contributed by atoms with E-state index in [-0.39, 0.29) is 0 Å². The molecule has 0 unspecified atom stereocenters. The molecule has 0 saturated heterocycles. The largest absolute Gasteiger partial charge is 0.468 e. The van der Waals surface area contributed by atoms with Crippen LogP contribution in [0.4, 0.5) is 0 Å². The smallest absolute Gasteiger partial charge is 0.127 e. The van der Waals surface area contributed by atoms with Gasteiger partial charge in [0.1, 0.15) is 12.0 Å². The van der Waals surface area contributed by atoms with Crippen molar-refractivity contribution in [2.24, 2.45) is 0 Å². The van der Waals surface area contributed by atoms with Crippen molar-refractivity contribution in [2.45, 2.75) is 6.42 Å². The van der Waals surface area contributed by atoms with Gasteiger partial charge in [-0.1, -0.05) is 0 Å². The fourth-order valence-corrected chi connectivity index (χ4v) is 0.910. The van der Waals surface area contributed by atoms with Crippen LogP contribution < -0.4 is 0 Å². The van der Waals surface area contributed by atoms with E-state index in [1.807, 2.05) is 0 Å². The van der Waals surface area contributed by atoms with Crippen LogP contribution in [0, 0.1) is 0 Å². The lowest BCUT2D eigenvalue weighted by atomic mass is 10.4. The number of furan rings is 1. The number of aldehydes is 1. The van der Waals surface area contributed by atoms with E-state index in [4.69, 9.17) is 4.42 Å². The summed E-state index contributed by atoms with van der Waals surface area (Å²) in [7, 11) is 0. The molecule has 1 aromatic heterocycles. The van der Waals surface area contributed by atoms with Gasteiger partial charge in [0.15, 0.2) is 0 Å². The zero-order valence-electron chi connectivity index (χ0n) is 4.63. The average Bonchev–Trinajstić information content (AvgIpc) is 2.18. The Kier molecular flexibility index (Phi) is 2.05. The summed E-state index contributed by atoms with van der Waals surface area (Å²) in [4.78, 5) is 9.94. The van der Waals surface area contributed by atoms with Gasteiger partial charge in [-0.3, -0.25) is 0 Å². The maximum absolute atomic E-state index is 9.94. The number of carbonyl (C=O) groups excluding carboxylic acids is 1. The van der Waals surface area contributed by atoms with Gasteiger partial charge in [-0.2, -0.15) is 0 Å². The Hall–Kier alpha value is -0.570. The minimum Gasteiger partial charge on any atom is -0.468 e. The van der Waals surface area contributed by atoms with Gasteiger partial charge >= 0.3 is 0 Å². The van der Waals surface area contributed by atoms with Crippen LogP contribution in [0.5, 0.6) is 0 Å². The maximum atomic E-state index is 9.94. The van der Waals surface area contributed by atoms with E-state index in [2.05, 4.69) is 15.9 Å². The van der Waals surface area contributed by atoms with Crippen molar-refractivity contribution >= 4 is 22.2 Å². The molecule has 1 heterocycles. The van der Waals surface area contributed by atoms with E-state index >= 15 is 0 Å². The summed E-state index contributed by atoms with van der Waals surface area (Å²) in [6.07, 6.45) is 2.69. The molecule has 0 bridgehead atoms. The normalized spacial score (nSPS) is 9.44. The molecule has 3 heteroatoms. The molecule has 0 aliphatic carbocycles. The highest BCUT2D eigenvalue weighted by molar-refractivity contribution is 9.10. The van der Waals surface area contributed by atoms with E-state index in [1.165, 1.54) is 0 Å². The molecule has 0 N–H and O–H groups in total. The van der Waals surface area contributed by atoms with Crippen LogP contribution in [0.3, 0.4) is 0 Å². The number of carbonyl (C=O) groups is 1. The molecule has 0 aromatic carbocycles. The maximum Gasteiger partial charge on any atom is 0.127 e. The second-order valence-corrected chi connectivity index (χ2v) is 2.42. The van der Waals surface area contributed by atoms with Crippen molar-refractivity contribution in [3.05, 3.63) is 22.6 Å². The first-order chi connectivity index (χ1) is 4.34. The molecule has 0 amide bonds. The predicted molar refractivity (Wildman–Crippen MR) is 36.2 cm³/mol. The molecule has 9 heavy (non-hydrogen) atoms. The summed E-state index contributed by atoms with van der Waals surface area (Å²) in [5.41, 5.74) is 0. The number of hydrogen-bond donors (Lipinski definition) is 0. The molecule has 48 valence electrons. The van der Waals surface area contributed by atoms with Crippen molar-refractivity contribution in [2.75, 3.05) is 0 Å². The fraction of sp³-hybridized carbons (Fsp3) is 0.167. The van der Waals surface area contributed by atoms with Crippen LogP contribution in [0.2, 0.25) is 0 Å². The lowest BCUT2D eigenvalue weighted by Gasteiger charge is -1.84. The second-order valence-electron chi connectivity index (χ2n) is 1.56. The fourth-order valence-electron chi connectivity index (χ4n) is 0.546. The lowest BCUT2D eigenvalue weighted by Crippen LogP contribution is -1.80. The van der Waals surface area contributed by atoms with E-state index in [9.17, 15) is 4.79 Å². The molecule has 2 nitrogen and oxygen atoms in total. The van der Waals surface area contributed by atoms with Gasteiger partial charge in [0.25, 0.3) is 0 Å². The van der Waals surface area contributed by atoms with Gasteiger partial charge in [0, 0.05) is 0 Å². The molecular formula is C6H5BrO2. The Morgan fingerprint density at radius 3 is 3.00 bits per heavy atom. The Balaban J connectivity index is 2.80. The molecular weight excluding hydrogens is 184 g/mol. The number of halogens is 1. The monoisotopic (exact) mass is 188 g/mol. The third-order valence-electron chi connectivity index (χ3n) is 0.960. The first kappa shape index (κ1) is 6.55. The minimum absolute atomic E-state index is 0.341. The van der Waals surface area contributed by atoms with Crippen LogP contribution in [0.15, 0.2) is 21.2 Å². The van der Waals surface area contributed by atoms with Crippen LogP contribution in [-0.2, 0) is 11.2 Å². The Bertz CT molecular complexity index is 205. The molecule has 1 rings (SSSR count). The Morgan fingerprint density at radius 1 is 1.78 bits per heavy atom. The summed E-state index contributed by atoms with van der Waals surface area (Å²) in [5.74, 6) is 0.685. The molecule has 0 saturated carbocycles.